The van der Waals surface area contributed by atoms with Crippen LogP contribution in [0.4, 0.5) is 5.13 Å². The molecule has 4 N–H and O–H groups in total. The van der Waals surface area contributed by atoms with Crippen molar-refractivity contribution in [3.05, 3.63) is 34.7 Å². The first kappa shape index (κ1) is 24.8. The highest BCUT2D eigenvalue weighted by atomic mass is 32.1. The van der Waals surface area contributed by atoms with E-state index in [1.165, 1.54) is 17.6 Å². The van der Waals surface area contributed by atoms with E-state index >= 15 is 0 Å². The van der Waals surface area contributed by atoms with Gasteiger partial charge in [0, 0.05) is 36.3 Å². The molecule has 2 heterocycles. The molecule has 34 heavy (non-hydrogen) atoms. The number of thiazole rings is 1. The molecule has 2 aliphatic rings. The summed E-state index contributed by atoms with van der Waals surface area (Å²) < 4.78 is 10.2. The smallest absolute Gasteiger partial charge is 0.293 e. The molecule has 0 spiro atoms. The van der Waals surface area contributed by atoms with Crippen LogP contribution in [0.15, 0.2) is 22.8 Å². The van der Waals surface area contributed by atoms with Gasteiger partial charge in [0.15, 0.2) is 10.9 Å². The molecule has 2 aromatic rings. The van der Waals surface area contributed by atoms with Crippen LogP contribution < -0.4 is 10.6 Å². The third-order valence-electron chi connectivity index (χ3n) is 7.88. The Kier molecular flexibility index (Phi) is 7.14. The van der Waals surface area contributed by atoms with Gasteiger partial charge in [-0.25, -0.2) is 4.98 Å². The van der Waals surface area contributed by atoms with Crippen molar-refractivity contribution in [3.8, 4) is 0 Å². The van der Waals surface area contributed by atoms with Crippen LogP contribution in [0.3, 0.4) is 0 Å². The largest absolute Gasteiger partial charge is 0.459 e. The Balaban J connectivity index is 1.68. The molecule has 2 aromatic heterocycles. The Bertz CT molecular complexity index is 1020. The van der Waals surface area contributed by atoms with Crippen molar-refractivity contribution in [2.45, 2.75) is 51.6 Å². The Morgan fingerprint density at radius 1 is 1.38 bits per heavy atom. The Morgan fingerprint density at radius 3 is 2.85 bits per heavy atom. The normalized spacial score (nSPS) is 30.3. The number of ether oxygens (including phenoxy) is 1. The van der Waals surface area contributed by atoms with Gasteiger partial charge in [0.05, 0.1) is 31.3 Å². The van der Waals surface area contributed by atoms with Crippen LogP contribution in [0.25, 0.3) is 0 Å². The summed E-state index contributed by atoms with van der Waals surface area (Å²) in [5.41, 5.74) is -0.229. The van der Waals surface area contributed by atoms with Crippen molar-refractivity contribution in [3.63, 3.8) is 0 Å². The Morgan fingerprint density at radius 2 is 2.18 bits per heavy atom. The highest BCUT2D eigenvalue weighted by molar-refractivity contribution is 7.15. The first-order chi connectivity index (χ1) is 16.2. The van der Waals surface area contributed by atoms with E-state index in [0.717, 1.165) is 17.0 Å². The molecule has 5 atom stereocenters. The molecule has 2 amide bonds. The molecular formula is C24H33N3O6S. The number of furan rings is 1. The van der Waals surface area contributed by atoms with E-state index in [1.807, 2.05) is 6.92 Å². The summed E-state index contributed by atoms with van der Waals surface area (Å²) in [4.78, 5) is 31.1. The fourth-order valence-corrected chi connectivity index (χ4v) is 6.88. The second-order valence-corrected chi connectivity index (χ2v) is 10.9. The minimum atomic E-state index is -0.697. The van der Waals surface area contributed by atoms with E-state index in [0.29, 0.717) is 31.1 Å². The molecule has 0 aromatic carbocycles. The number of nitrogens with zero attached hydrogens (tertiary/aromatic N) is 1. The van der Waals surface area contributed by atoms with E-state index < -0.39 is 11.5 Å². The maximum atomic E-state index is 12.9. The third-order valence-corrected chi connectivity index (χ3v) is 8.89. The van der Waals surface area contributed by atoms with Crippen LogP contribution in [0.1, 0.15) is 60.2 Å². The average Bonchev–Trinajstić information content (AvgIpc) is 3.48. The van der Waals surface area contributed by atoms with Gasteiger partial charge in [-0.3, -0.25) is 14.9 Å². The zero-order valence-electron chi connectivity index (χ0n) is 19.8. The number of aliphatic hydroxyl groups excluding tert-OH is 2. The number of carbonyl (C=O) groups excluding carboxylic acids is 2. The molecule has 186 valence electrons. The minimum absolute atomic E-state index is 0.0490. The zero-order valence-corrected chi connectivity index (χ0v) is 20.6. The standard InChI is InChI=1S/C24H33N3O6S/c1-23-7-6-18(29)24(2,13-28)17(23)12-16-20(14(23)11-19(30)25-8-10-32-3)26-22(34-16)27-21(31)15-5-4-9-33-15/h4-5,9,14,17-18,28-29H,6-8,10-13H2,1-3H3,(H,25,30)(H,26,27,31). The second kappa shape index (κ2) is 9.77. The number of aliphatic hydroxyl groups is 2. The van der Waals surface area contributed by atoms with Crippen molar-refractivity contribution in [2.75, 3.05) is 32.2 Å². The maximum absolute atomic E-state index is 12.9. The van der Waals surface area contributed by atoms with Gasteiger partial charge in [-0.2, -0.15) is 0 Å². The second-order valence-electron chi connectivity index (χ2n) is 9.84. The monoisotopic (exact) mass is 491 g/mol. The lowest BCUT2D eigenvalue weighted by Gasteiger charge is -2.58. The summed E-state index contributed by atoms with van der Waals surface area (Å²) in [5, 5.41) is 27.3. The van der Waals surface area contributed by atoms with Crippen molar-refractivity contribution in [1.82, 2.24) is 10.3 Å². The van der Waals surface area contributed by atoms with Crippen LogP contribution in [0, 0.1) is 16.7 Å². The molecule has 10 heteroatoms. The van der Waals surface area contributed by atoms with Crippen LogP contribution in [-0.4, -0.2) is 60.0 Å². The topological polar surface area (TPSA) is 134 Å². The lowest BCUT2D eigenvalue weighted by Crippen LogP contribution is -2.57. The van der Waals surface area contributed by atoms with Crippen molar-refractivity contribution >= 4 is 28.3 Å². The van der Waals surface area contributed by atoms with Crippen molar-refractivity contribution < 1.29 is 29.0 Å². The van der Waals surface area contributed by atoms with Crippen LogP contribution >= 0.6 is 11.3 Å². The van der Waals surface area contributed by atoms with E-state index in [1.54, 1.807) is 19.2 Å². The Hall–Kier alpha value is -2.27. The molecule has 0 aliphatic heterocycles. The lowest BCUT2D eigenvalue weighted by atomic mass is 9.47. The molecular weight excluding hydrogens is 458 g/mol. The van der Waals surface area contributed by atoms with E-state index in [9.17, 15) is 19.8 Å². The zero-order chi connectivity index (χ0) is 24.5. The molecule has 9 nitrogen and oxygen atoms in total. The fraction of sp³-hybridized carbons (Fsp3) is 0.625. The number of fused-ring (bicyclic) bond motifs is 2. The SMILES string of the molecule is COCCNC(=O)CC1c2nc(NC(=O)c3ccco3)sc2CC2C(C)(CO)C(O)CCC12C. The molecule has 5 unspecified atom stereocenters. The average molecular weight is 492 g/mol. The molecule has 1 saturated carbocycles. The van der Waals surface area contributed by atoms with Gasteiger partial charge in [-0.1, -0.05) is 13.8 Å². The van der Waals surface area contributed by atoms with Crippen molar-refractivity contribution in [2.24, 2.45) is 16.7 Å². The number of hydrogen-bond donors (Lipinski definition) is 4. The van der Waals surface area contributed by atoms with Gasteiger partial charge < -0.3 is 24.7 Å². The molecule has 0 bridgehead atoms. The summed E-state index contributed by atoms with van der Waals surface area (Å²) in [5.74, 6) is -0.552. The number of aromatic nitrogens is 1. The van der Waals surface area contributed by atoms with Gasteiger partial charge in [0.1, 0.15) is 0 Å². The van der Waals surface area contributed by atoms with Gasteiger partial charge in [-0.15, -0.1) is 11.3 Å². The van der Waals surface area contributed by atoms with Gasteiger partial charge in [0.25, 0.3) is 5.91 Å². The quantitative estimate of drug-likeness (QED) is 0.417. The predicted octanol–water partition coefficient (Wildman–Crippen LogP) is 2.56. The van der Waals surface area contributed by atoms with Crippen molar-refractivity contribution in [1.29, 1.82) is 0 Å². The van der Waals surface area contributed by atoms with Gasteiger partial charge in [0.2, 0.25) is 5.91 Å². The summed E-state index contributed by atoms with van der Waals surface area (Å²) in [6, 6.07) is 3.23. The molecule has 0 saturated heterocycles. The van der Waals surface area contributed by atoms with Gasteiger partial charge in [-0.05, 0) is 42.7 Å². The van der Waals surface area contributed by atoms with E-state index in [2.05, 4.69) is 17.6 Å². The minimum Gasteiger partial charge on any atom is -0.459 e. The summed E-state index contributed by atoms with van der Waals surface area (Å²) in [6.07, 6.45) is 2.93. The number of hydrogen-bond acceptors (Lipinski definition) is 8. The van der Waals surface area contributed by atoms with Crippen LogP contribution in [-0.2, 0) is 16.0 Å². The number of amides is 2. The third kappa shape index (κ3) is 4.39. The molecule has 0 radical (unpaired) electrons. The lowest BCUT2D eigenvalue weighted by molar-refractivity contribution is -0.144. The number of anilines is 1. The molecule has 4 rings (SSSR count). The fourth-order valence-electron chi connectivity index (χ4n) is 5.82. The number of methoxy groups -OCH3 is 1. The number of carbonyl (C=O) groups is 2. The molecule has 2 aliphatic carbocycles. The first-order valence-electron chi connectivity index (χ1n) is 11.6. The number of rotatable bonds is 8. The summed E-state index contributed by atoms with van der Waals surface area (Å²) in [6.45, 7) is 4.78. The highest BCUT2D eigenvalue weighted by Crippen LogP contribution is 2.62. The van der Waals surface area contributed by atoms with Crippen LogP contribution in [0.5, 0.6) is 0 Å². The maximum Gasteiger partial charge on any atom is 0.293 e. The Labute approximate surface area is 202 Å². The van der Waals surface area contributed by atoms with E-state index in [4.69, 9.17) is 14.1 Å². The highest BCUT2D eigenvalue weighted by Gasteiger charge is 2.59. The van der Waals surface area contributed by atoms with E-state index in [-0.39, 0.29) is 47.9 Å². The van der Waals surface area contributed by atoms with Crippen LogP contribution in [0.2, 0.25) is 0 Å². The summed E-state index contributed by atoms with van der Waals surface area (Å²) >= 11 is 1.38. The van der Waals surface area contributed by atoms with Gasteiger partial charge >= 0.3 is 0 Å². The predicted molar refractivity (Wildman–Crippen MR) is 127 cm³/mol. The number of nitrogens with one attached hydrogen (secondary N) is 2. The first-order valence-corrected chi connectivity index (χ1v) is 12.4. The molecule has 1 fully saturated rings. The summed E-state index contributed by atoms with van der Waals surface area (Å²) in [7, 11) is 1.59.